The first-order chi connectivity index (χ1) is 17.0. The van der Waals surface area contributed by atoms with Crippen molar-refractivity contribution in [2.45, 2.75) is 26.9 Å². The number of nitrogens with zero attached hydrogens (tertiary/aromatic N) is 1. The summed E-state index contributed by atoms with van der Waals surface area (Å²) in [5, 5.41) is 6.65. The number of ether oxygens (including phenoxy) is 2. The summed E-state index contributed by atoms with van der Waals surface area (Å²) in [6, 6.07) is 24.6. The highest BCUT2D eigenvalue weighted by Crippen LogP contribution is 2.21. The third-order valence-corrected chi connectivity index (χ3v) is 5.48. The molecular weight excluding hydrogens is 444 g/mol. The first-order valence-electron chi connectivity index (χ1n) is 11.2. The molecule has 0 fully saturated rings. The van der Waals surface area contributed by atoms with Crippen LogP contribution in [-0.2, 0) is 27.4 Å². The summed E-state index contributed by atoms with van der Waals surface area (Å²) in [5.41, 5.74) is 5.27. The quantitative estimate of drug-likeness (QED) is 0.336. The summed E-state index contributed by atoms with van der Waals surface area (Å²) in [6.07, 6.45) is 0.0587. The second kappa shape index (κ2) is 11.2. The molecule has 35 heavy (non-hydrogen) atoms. The molecule has 4 rings (SSSR count). The third-order valence-electron chi connectivity index (χ3n) is 5.48. The fourth-order valence-corrected chi connectivity index (χ4v) is 3.50. The monoisotopic (exact) mass is 470 g/mol. The van der Waals surface area contributed by atoms with Crippen LogP contribution in [-0.4, -0.2) is 23.6 Å². The first kappa shape index (κ1) is 23.8. The molecule has 0 aliphatic carbocycles. The van der Waals surface area contributed by atoms with Crippen LogP contribution in [0, 0.1) is 13.8 Å². The average Bonchev–Trinajstić information content (AvgIpc) is 3.20. The van der Waals surface area contributed by atoms with Crippen LogP contribution < -0.4 is 10.1 Å². The smallest absolute Gasteiger partial charge is 0.310 e. The van der Waals surface area contributed by atoms with Crippen molar-refractivity contribution >= 4 is 17.6 Å². The lowest BCUT2D eigenvalue weighted by Crippen LogP contribution is -2.21. The molecule has 0 spiro atoms. The summed E-state index contributed by atoms with van der Waals surface area (Å²) in [7, 11) is 0. The number of carbonyl (C=O) groups excluding carboxylic acids is 2. The van der Waals surface area contributed by atoms with Gasteiger partial charge in [-0.15, -0.1) is 0 Å². The molecule has 0 unspecified atom stereocenters. The van der Waals surface area contributed by atoms with E-state index in [4.69, 9.17) is 14.0 Å². The molecule has 3 aromatic carbocycles. The minimum atomic E-state index is -0.482. The van der Waals surface area contributed by atoms with Crippen LogP contribution >= 0.6 is 0 Å². The minimum absolute atomic E-state index is 0.0587. The molecule has 0 saturated carbocycles. The highest BCUT2D eigenvalue weighted by atomic mass is 16.5. The van der Waals surface area contributed by atoms with Gasteiger partial charge in [0.25, 0.3) is 5.91 Å². The highest BCUT2D eigenvalue weighted by Gasteiger charge is 2.11. The van der Waals surface area contributed by atoms with Crippen molar-refractivity contribution in [2.24, 2.45) is 0 Å². The number of nitrogens with one attached hydrogen (secondary N) is 1. The first-order valence-corrected chi connectivity index (χ1v) is 11.2. The van der Waals surface area contributed by atoms with Gasteiger partial charge in [-0.05, 0) is 54.8 Å². The summed E-state index contributed by atoms with van der Waals surface area (Å²) in [5.74, 6) is 0.521. The van der Waals surface area contributed by atoms with Gasteiger partial charge in [0, 0.05) is 5.69 Å². The summed E-state index contributed by atoms with van der Waals surface area (Å²) in [6.45, 7) is 3.71. The second-order valence-corrected chi connectivity index (χ2v) is 8.06. The number of rotatable bonds is 9. The van der Waals surface area contributed by atoms with Gasteiger partial charge in [0.15, 0.2) is 6.61 Å². The van der Waals surface area contributed by atoms with Crippen molar-refractivity contribution in [1.29, 1.82) is 0 Å². The topological polar surface area (TPSA) is 90.7 Å². The zero-order chi connectivity index (χ0) is 24.6. The Morgan fingerprint density at radius 3 is 2.23 bits per heavy atom. The lowest BCUT2D eigenvalue weighted by Gasteiger charge is -2.09. The summed E-state index contributed by atoms with van der Waals surface area (Å²) >= 11 is 0. The van der Waals surface area contributed by atoms with Crippen molar-refractivity contribution in [3.8, 4) is 16.9 Å². The standard InChI is InChI=1S/C28H26N2O5/c1-19-26(20(2)35-30-19)17-33-25-14-8-21(9-15-25)16-28(32)34-18-27(31)29-24-12-10-23(11-13-24)22-6-4-3-5-7-22/h3-15H,16-18H2,1-2H3,(H,29,31). The van der Waals surface area contributed by atoms with Crippen molar-refractivity contribution in [2.75, 3.05) is 11.9 Å². The Hall–Kier alpha value is -4.39. The van der Waals surface area contributed by atoms with Gasteiger partial charge in [-0.1, -0.05) is 59.8 Å². The lowest BCUT2D eigenvalue weighted by molar-refractivity contribution is -0.146. The van der Waals surface area contributed by atoms with E-state index in [0.717, 1.165) is 33.7 Å². The maximum atomic E-state index is 12.2. The Morgan fingerprint density at radius 2 is 1.57 bits per heavy atom. The van der Waals surface area contributed by atoms with Crippen LogP contribution in [0.15, 0.2) is 83.4 Å². The number of amides is 1. The van der Waals surface area contributed by atoms with Crippen molar-refractivity contribution in [3.63, 3.8) is 0 Å². The van der Waals surface area contributed by atoms with Gasteiger partial charge < -0.3 is 19.3 Å². The Bertz CT molecular complexity index is 1260. The Kier molecular flexibility index (Phi) is 7.57. The predicted octanol–water partition coefficient (Wildman–Crippen LogP) is 5.26. The lowest BCUT2D eigenvalue weighted by atomic mass is 10.1. The molecule has 1 amide bonds. The van der Waals surface area contributed by atoms with Crippen LogP contribution in [0.5, 0.6) is 5.75 Å². The van der Waals surface area contributed by atoms with Crippen molar-refractivity contribution in [1.82, 2.24) is 5.16 Å². The summed E-state index contributed by atoms with van der Waals surface area (Å²) in [4.78, 5) is 24.3. The van der Waals surface area contributed by atoms with Gasteiger partial charge in [-0.3, -0.25) is 9.59 Å². The van der Waals surface area contributed by atoms with E-state index in [9.17, 15) is 9.59 Å². The molecule has 0 atom stereocenters. The molecule has 1 aromatic heterocycles. The number of carbonyl (C=O) groups is 2. The normalized spacial score (nSPS) is 10.6. The van der Waals surface area contributed by atoms with Crippen molar-refractivity contribution < 1.29 is 23.6 Å². The zero-order valence-electron chi connectivity index (χ0n) is 19.6. The van der Waals surface area contributed by atoms with Gasteiger partial charge in [0.2, 0.25) is 0 Å². The summed E-state index contributed by atoms with van der Waals surface area (Å²) < 4.78 is 16.0. The van der Waals surface area contributed by atoms with Gasteiger partial charge in [0.05, 0.1) is 17.7 Å². The molecule has 0 bridgehead atoms. The van der Waals surface area contributed by atoms with Gasteiger partial charge in [0.1, 0.15) is 18.1 Å². The molecule has 0 saturated heterocycles. The van der Waals surface area contributed by atoms with Crippen LogP contribution in [0.4, 0.5) is 5.69 Å². The Labute approximate surface area is 203 Å². The number of esters is 1. The molecule has 0 aliphatic heterocycles. The number of aromatic nitrogens is 1. The number of aryl methyl sites for hydroxylation is 2. The fraction of sp³-hybridized carbons (Fsp3) is 0.179. The van der Waals surface area contributed by atoms with E-state index in [1.165, 1.54) is 0 Å². The van der Waals surface area contributed by atoms with E-state index in [1.807, 2.05) is 68.4 Å². The molecule has 7 heteroatoms. The van der Waals surface area contributed by atoms with Crippen molar-refractivity contribution in [3.05, 3.63) is 101 Å². The maximum absolute atomic E-state index is 12.2. The zero-order valence-corrected chi connectivity index (χ0v) is 19.6. The number of hydrogen-bond acceptors (Lipinski definition) is 6. The second-order valence-electron chi connectivity index (χ2n) is 8.06. The Balaban J connectivity index is 1.20. The van der Waals surface area contributed by atoms with Crippen LogP contribution in [0.3, 0.4) is 0 Å². The number of hydrogen-bond donors (Lipinski definition) is 1. The van der Waals surface area contributed by atoms with E-state index >= 15 is 0 Å². The molecule has 1 N–H and O–H groups in total. The van der Waals surface area contributed by atoms with Gasteiger partial charge in [-0.2, -0.15) is 0 Å². The van der Waals surface area contributed by atoms with E-state index < -0.39 is 11.9 Å². The SMILES string of the molecule is Cc1noc(C)c1COc1ccc(CC(=O)OCC(=O)Nc2ccc(-c3ccccc3)cc2)cc1. The molecule has 4 aromatic rings. The van der Waals surface area contributed by atoms with Gasteiger partial charge in [-0.25, -0.2) is 0 Å². The largest absolute Gasteiger partial charge is 0.489 e. The molecule has 1 heterocycles. The van der Waals surface area contributed by atoms with Crippen LogP contribution in [0.2, 0.25) is 0 Å². The predicted molar refractivity (Wildman–Crippen MR) is 132 cm³/mol. The third kappa shape index (κ3) is 6.57. The number of anilines is 1. The number of benzene rings is 3. The molecule has 7 nitrogen and oxygen atoms in total. The fourth-order valence-electron chi connectivity index (χ4n) is 3.50. The maximum Gasteiger partial charge on any atom is 0.310 e. The van der Waals surface area contributed by atoms with E-state index in [-0.39, 0.29) is 13.0 Å². The van der Waals surface area contributed by atoms with Gasteiger partial charge >= 0.3 is 5.97 Å². The molecule has 0 radical (unpaired) electrons. The average molecular weight is 471 g/mol. The van der Waals surface area contributed by atoms with E-state index in [2.05, 4.69) is 10.5 Å². The Morgan fingerprint density at radius 1 is 0.886 bits per heavy atom. The van der Waals surface area contributed by atoms with E-state index in [1.54, 1.807) is 24.3 Å². The van der Waals surface area contributed by atoms with Crippen LogP contribution in [0.1, 0.15) is 22.6 Å². The molecule has 178 valence electrons. The highest BCUT2D eigenvalue weighted by molar-refractivity contribution is 5.93. The molecular formula is C28H26N2O5. The molecule has 0 aliphatic rings. The van der Waals surface area contributed by atoms with E-state index in [0.29, 0.717) is 18.0 Å². The minimum Gasteiger partial charge on any atom is -0.489 e. The van der Waals surface area contributed by atoms with Crippen LogP contribution in [0.25, 0.3) is 11.1 Å².